The average Bonchev–Trinajstić information content (AvgIpc) is 2.64. The third-order valence-corrected chi connectivity index (χ3v) is 5.26. The Morgan fingerprint density at radius 3 is 2.24 bits per heavy atom. The van der Waals surface area contributed by atoms with Crippen LogP contribution < -0.4 is 0 Å². The van der Waals surface area contributed by atoms with E-state index in [-0.39, 0.29) is 5.75 Å². The van der Waals surface area contributed by atoms with Crippen LogP contribution in [0.5, 0.6) is 0 Å². The first-order chi connectivity index (χ1) is 7.99. The van der Waals surface area contributed by atoms with Gasteiger partial charge in [-0.2, -0.15) is 0 Å². The van der Waals surface area contributed by atoms with E-state index in [4.69, 9.17) is 0 Å². The fourth-order valence-electron chi connectivity index (χ4n) is 1.59. The summed E-state index contributed by atoms with van der Waals surface area (Å²) in [6, 6.07) is 8.88. The van der Waals surface area contributed by atoms with Gasteiger partial charge in [0.1, 0.15) is 0 Å². The monoisotopic (exact) mass is 266 g/mol. The lowest BCUT2D eigenvalue weighted by molar-refractivity contribution is 0.595. The molecule has 0 saturated carbocycles. The van der Waals surface area contributed by atoms with Crippen molar-refractivity contribution in [1.82, 2.24) is 0 Å². The van der Waals surface area contributed by atoms with Crippen molar-refractivity contribution in [3.63, 3.8) is 0 Å². The summed E-state index contributed by atoms with van der Waals surface area (Å²) in [5.41, 5.74) is 1.96. The summed E-state index contributed by atoms with van der Waals surface area (Å²) in [7, 11) is -3.22. The summed E-state index contributed by atoms with van der Waals surface area (Å²) >= 11 is 1.58. The van der Waals surface area contributed by atoms with Gasteiger partial charge in [-0.15, -0.1) is 11.3 Å². The van der Waals surface area contributed by atoms with Crippen LogP contribution in [-0.4, -0.2) is 8.42 Å². The standard InChI is InChI=1S/C13H14O2S2/c1-10-3-5-13(6-4-10)17(14,15)9-12-7-8-16-11(12)2/h3-8H,9H2,1-2H3. The van der Waals surface area contributed by atoms with Gasteiger partial charge in [0.05, 0.1) is 10.6 Å². The number of benzene rings is 1. The van der Waals surface area contributed by atoms with Crippen LogP contribution in [0.1, 0.15) is 16.0 Å². The molecule has 0 spiro atoms. The Morgan fingerprint density at radius 1 is 1.06 bits per heavy atom. The molecule has 1 aromatic heterocycles. The Bertz CT molecular complexity index is 607. The summed E-state index contributed by atoms with van der Waals surface area (Å²) in [5, 5.41) is 1.93. The number of rotatable bonds is 3. The molecule has 0 aliphatic rings. The molecule has 0 aliphatic carbocycles. The van der Waals surface area contributed by atoms with Gasteiger partial charge in [-0.05, 0) is 43.0 Å². The molecule has 2 rings (SSSR count). The maximum absolute atomic E-state index is 12.2. The second-order valence-corrected chi connectivity index (χ2v) is 7.18. The van der Waals surface area contributed by atoms with Crippen LogP contribution in [0.4, 0.5) is 0 Å². The SMILES string of the molecule is Cc1ccc(S(=O)(=O)Cc2ccsc2C)cc1. The Hall–Kier alpha value is -1.13. The van der Waals surface area contributed by atoms with Gasteiger partial charge in [0.15, 0.2) is 9.84 Å². The van der Waals surface area contributed by atoms with E-state index in [1.807, 2.05) is 37.4 Å². The predicted octanol–water partition coefficient (Wildman–Crippen LogP) is 3.34. The van der Waals surface area contributed by atoms with Gasteiger partial charge in [-0.25, -0.2) is 8.42 Å². The first-order valence-electron chi connectivity index (χ1n) is 5.31. The zero-order valence-electron chi connectivity index (χ0n) is 9.80. The minimum absolute atomic E-state index is 0.0887. The average molecular weight is 266 g/mol. The fourth-order valence-corrected chi connectivity index (χ4v) is 3.85. The second kappa shape index (κ2) is 4.63. The first-order valence-corrected chi connectivity index (χ1v) is 7.84. The normalized spacial score (nSPS) is 11.6. The molecule has 4 heteroatoms. The summed E-state index contributed by atoms with van der Waals surface area (Å²) in [6.07, 6.45) is 0. The van der Waals surface area contributed by atoms with Gasteiger partial charge >= 0.3 is 0 Å². The number of sulfone groups is 1. The van der Waals surface area contributed by atoms with Gasteiger partial charge in [0.25, 0.3) is 0 Å². The van der Waals surface area contributed by atoms with E-state index in [1.54, 1.807) is 23.5 Å². The van der Waals surface area contributed by atoms with E-state index in [1.165, 1.54) is 0 Å². The molecule has 0 aliphatic heterocycles. The van der Waals surface area contributed by atoms with Crippen LogP contribution in [-0.2, 0) is 15.6 Å². The minimum atomic E-state index is -3.22. The van der Waals surface area contributed by atoms with Crippen molar-refractivity contribution in [3.05, 3.63) is 51.7 Å². The Labute approximate surface area is 106 Å². The van der Waals surface area contributed by atoms with Crippen molar-refractivity contribution in [2.24, 2.45) is 0 Å². The van der Waals surface area contributed by atoms with Crippen molar-refractivity contribution >= 4 is 21.2 Å². The zero-order valence-corrected chi connectivity index (χ0v) is 11.4. The highest BCUT2D eigenvalue weighted by molar-refractivity contribution is 7.90. The topological polar surface area (TPSA) is 34.1 Å². The van der Waals surface area contributed by atoms with Crippen molar-refractivity contribution < 1.29 is 8.42 Å². The van der Waals surface area contributed by atoms with Crippen LogP contribution in [0, 0.1) is 13.8 Å². The smallest absolute Gasteiger partial charge is 0.182 e. The van der Waals surface area contributed by atoms with E-state index in [9.17, 15) is 8.42 Å². The Balaban J connectivity index is 2.31. The number of aryl methyl sites for hydroxylation is 2. The molecule has 0 saturated heterocycles. The largest absolute Gasteiger partial charge is 0.223 e. The van der Waals surface area contributed by atoms with Crippen molar-refractivity contribution in [2.45, 2.75) is 24.5 Å². The second-order valence-electron chi connectivity index (χ2n) is 4.07. The number of hydrogen-bond donors (Lipinski definition) is 0. The molecular formula is C13H14O2S2. The highest BCUT2D eigenvalue weighted by Gasteiger charge is 2.16. The molecule has 0 bridgehead atoms. The third-order valence-electron chi connectivity index (χ3n) is 2.69. The van der Waals surface area contributed by atoms with Gasteiger partial charge in [0, 0.05) is 4.88 Å². The van der Waals surface area contributed by atoms with Crippen LogP contribution in [0.15, 0.2) is 40.6 Å². The summed E-state index contributed by atoms with van der Waals surface area (Å²) in [5.74, 6) is 0.0887. The van der Waals surface area contributed by atoms with Gasteiger partial charge < -0.3 is 0 Å². The van der Waals surface area contributed by atoms with E-state index in [0.29, 0.717) is 4.90 Å². The maximum atomic E-state index is 12.2. The lowest BCUT2D eigenvalue weighted by atomic mass is 10.2. The molecule has 0 N–H and O–H groups in total. The molecule has 1 heterocycles. The van der Waals surface area contributed by atoms with Crippen LogP contribution in [0.2, 0.25) is 0 Å². The Kier molecular flexibility index (Phi) is 3.35. The van der Waals surface area contributed by atoms with Gasteiger partial charge in [0.2, 0.25) is 0 Å². The molecule has 0 radical (unpaired) electrons. The van der Waals surface area contributed by atoms with E-state index in [0.717, 1.165) is 16.0 Å². The summed E-state index contributed by atoms with van der Waals surface area (Å²) in [6.45, 7) is 3.89. The molecule has 90 valence electrons. The molecule has 0 unspecified atom stereocenters. The molecule has 17 heavy (non-hydrogen) atoms. The van der Waals surface area contributed by atoms with Gasteiger partial charge in [-0.1, -0.05) is 17.7 Å². The lowest BCUT2D eigenvalue weighted by Gasteiger charge is -2.04. The predicted molar refractivity (Wildman–Crippen MR) is 71.1 cm³/mol. The zero-order chi connectivity index (χ0) is 12.5. The first kappa shape index (κ1) is 12.3. The molecular weight excluding hydrogens is 252 g/mol. The van der Waals surface area contributed by atoms with Crippen molar-refractivity contribution in [3.8, 4) is 0 Å². The third kappa shape index (κ3) is 2.76. The highest BCUT2D eigenvalue weighted by Crippen LogP contribution is 2.22. The van der Waals surface area contributed by atoms with Gasteiger partial charge in [-0.3, -0.25) is 0 Å². The van der Waals surface area contributed by atoms with Crippen LogP contribution in [0.3, 0.4) is 0 Å². The van der Waals surface area contributed by atoms with Crippen molar-refractivity contribution in [2.75, 3.05) is 0 Å². The van der Waals surface area contributed by atoms with E-state index in [2.05, 4.69) is 0 Å². The summed E-state index contributed by atoms with van der Waals surface area (Å²) < 4.78 is 24.3. The fraction of sp³-hybridized carbons (Fsp3) is 0.231. The molecule has 0 fully saturated rings. The number of hydrogen-bond acceptors (Lipinski definition) is 3. The van der Waals surface area contributed by atoms with Crippen molar-refractivity contribution in [1.29, 1.82) is 0 Å². The highest BCUT2D eigenvalue weighted by atomic mass is 32.2. The lowest BCUT2D eigenvalue weighted by Crippen LogP contribution is -2.04. The maximum Gasteiger partial charge on any atom is 0.182 e. The molecule has 2 nitrogen and oxygen atoms in total. The molecule has 1 aromatic carbocycles. The molecule has 0 amide bonds. The number of thiophene rings is 1. The van der Waals surface area contributed by atoms with Crippen LogP contribution in [0.25, 0.3) is 0 Å². The summed E-state index contributed by atoms with van der Waals surface area (Å²) in [4.78, 5) is 1.47. The molecule has 0 atom stereocenters. The van der Waals surface area contributed by atoms with E-state index < -0.39 is 9.84 Å². The quantitative estimate of drug-likeness (QED) is 0.854. The van der Waals surface area contributed by atoms with E-state index >= 15 is 0 Å². The Morgan fingerprint density at radius 2 is 1.71 bits per heavy atom. The molecule has 2 aromatic rings. The van der Waals surface area contributed by atoms with Crippen LogP contribution >= 0.6 is 11.3 Å². The minimum Gasteiger partial charge on any atom is -0.223 e.